The van der Waals surface area contributed by atoms with E-state index in [0.717, 1.165) is 6.42 Å². The number of esters is 1. The fraction of sp³-hybridized carbons (Fsp3) is 0.800. The fourth-order valence-corrected chi connectivity index (χ4v) is 1.05. The number of amides is 1. The highest BCUT2D eigenvalue weighted by molar-refractivity contribution is 5.79. The second kappa shape index (κ2) is 8.23. The number of nitrogens with zero attached hydrogens (tertiary/aromatic N) is 1. The molecule has 0 saturated carbocycles. The highest BCUT2D eigenvalue weighted by atomic mass is 16.5. The van der Waals surface area contributed by atoms with Crippen LogP contribution in [-0.4, -0.2) is 50.1 Å². The number of rotatable bonds is 7. The molecule has 0 aliphatic heterocycles. The van der Waals surface area contributed by atoms with Crippen molar-refractivity contribution >= 4 is 11.9 Å². The maximum absolute atomic E-state index is 11.2. The zero-order valence-corrected chi connectivity index (χ0v) is 9.71. The van der Waals surface area contributed by atoms with Gasteiger partial charge in [-0.2, -0.15) is 0 Å². The number of hydrogen-bond acceptors (Lipinski definition) is 4. The van der Waals surface area contributed by atoms with Gasteiger partial charge in [0.1, 0.15) is 0 Å². The van der Waals surface area contributed by atoms with Crippen LogP contribution in [0.5, 0.6) is 0 Å². The lowest BCUT2D eigenvalue weighted by Crippen LogP contribution is -2.38. The summed E-state index contributed by atoms with van der Waals surface area (Å²) in [6.07, 6.45) is 0.910. The minimum Gasteiger partial charge on any atom is -0.465 e. The van der Waals surface area contributed by atoms with Crippen LogP contribution in [0.1, 0.15) is 20.3 Å². The predicted octanol–water partition coefficient (Wildman–Crippen LogP) is 0.00750. The van der Waals surface area contributed by atoms with Crippen molar-refractivity contribution in [1.82, 2.24) is 10.2 Å². The van der Waals surface area contributed by atoms with E-state index < -0.39 is 0 Å². The molecule has 0 rings (SSSR count). The standard InChI is InChI=1S/C10H20N2O3/c1-4-6-11-9(13)7-12(3)8-10(14)15-5-2/h4-8H2,1-3H3,(H,11,13). The molecule has 1 amide bonds. The van der Waals surface area contributed by atoms with Gasteiger partial charge < -0.3 is 10.1 Å². The zero-order valence-electron chi connectivity index (χ0n) is 9.71. The molecule has 0 aliphatic carbocycles. The fourth-order valence-electron chi connectivity index (χ4n) is 1.05. The second-order valence-electron chi connectivity index (χ2n) is 3.33. The van der Waals surface area contributed by atoms with Gasteiger partial charge in [0.05, 0.1) is 19.7 Å². The van der Waals surface area contributed by atoms with Gasteiger partial charge in [0, 0.05) is 6.54 Å². The molecular weight excluding hydrogens is 196 g/mol. The van der Waals surface area contributed by atoms with Gasteiger partial charge in [-0.05, 0) is 20.4 Å². The van der Waals surface area contributed by atoms with Crippen LogP contribution >= 0.6 is 0 Å². The number of ether oxygens (including phenoxy) is 1. The Bertz CT molecular complexity index is 207. The largest absolute Gasteiger partial charge is 0.465 e. The monoisotopic (exact) mass is 216 g/mol. The Hall–Kier alpha value is -1.10. The van der Waals surface area contributed by atoms with Gasteiger partial charge in [0.15, 0.2) is 0 Å². The number of carbonyl (C=O) groups is 2. The van der Waals surface area contributed by atoms with E-state index in [4.69, 9.17) is 4.74 Å². The van der Waals surface area contributed by atoms with Crippen LogP contribution in [0.15, 0.2) is 0 Å². The molecule has 0 radical (unpaired) electrons. The quantitative estimate of drug-likeness (QED) is 0.609. The average molecular weight is 216 g/mol. The van der Waals surface area contributed by atoms with Crippen molar-refractivity contribution in [3.63, 3.8) is 0 Å². The lowest BCUT2D eigenvalue weighted by Gasteiger charge is -2.14. The molecule has 88 valence electrons. The average Bonchev–Trinajstić information content (AvgIpc) is 2.14. The molecule has 0 aliphatic rings. The molecule has 0 aromatic heterocycles. The van der Waals surface area contributed by atoms with Crippen molar-refractivity contribution in [3.05, 3.63) is 0 Å². The van der Waals surface area contributed by atoms with Crippen molar-refractivity contribution in [2.24, 2.45) is 0 Å². The predicted molar refractivity (Wildman–Crippen MR) is 57.4 cm³/mol. The minimum absolute atomic E-state index is 0.0661. The Kier molecular flexibility index (Phi) is 7.62. The molecule has 0 saturated heterocycles. The third-order valence-corrected chi connectivity index (χ3v) is 1.69. The minimum atomic E-state index is -0.303. The van der Waals surface area contributed by atoms with Crippen LogP contribution in [0, 0.1) is 0 Å². The summed E-state index contributed by atoms with van der Waals surface area (Å²) in [5.74, 6) is -0.369. The van der Waals surface area contributed by atoms with E-state index >= 15 is 0 Å². The third kappa shape index (κ3) is 7.93. The van der Waals surface area contributed by atoms with E-state index in [-0.39, 0.29) is 25.0 Å². The molecule has 15 heavy (non-hydrogen) atoms. The first kappa shape index (κ1) is 13.9. The SMILES string of the molecule is CCCNC(=O)CN(C)CC(=O)OCC. The van der Waals surface area contributed by atoms with Crippen LogP contribution in [0.2, 0.25) is 0 Å². The molecule has 5 heteroatoms. The highest BCUT2D eigenvalue weighted by Gasteiger charge is 2.10. The third-order valence-electron chi connectivity index (χ3n) is 1.69. The van der Waals surface area contributed by atoms with E-state index in [1.54, 1.807) is 18.9 Å². The Morgan fingerprint density at radius 2 is 1.93 bits per heavy atom. The maximum Gasteiger partial charge on any atom is 0.320 e. The van der Waals surface area contributed by atoms with Crippen molar-refractivity contribution < 1.29 is 14.3 Å². The molecule has 5 nitrogen and oxygen atoms in total. The van der Waals surface area contributed by atoms with Gasteiger partial charge in [-0.25, -0.2) is 0 Å². The Morgan fingerprint density at radius 3 is 2.47 bits per heavy atom. The van der Waals surface area contributed by atoms with Crippen LogP contribution < -0.4 is 5.32 Å². The number of nitrogens with one attached hydrogen (secondary N) is 1. The van der Waals surface area contributed by atoms with Crippen LogP contribution in [0.3, 0.4) is 0 Å². The topological polar surface area (TPSA) is 58.6 Å². The van der Waals surface area contributed by atoms with Crippen molar-refractivity contribution in [2.45, 2.75) is 20.3 Å². The molecule has 0 spiro atoms. The molecule has 0 fully saturated rings. The Labute approximate surface area is 90.8 Å². The Balaban J connectivity index is 3.67. The molecule has 1 N–H and O–H groups in total. The van der Waals surface area contributed by atoms with Crippen LogP contribution in [0.4, 0.5) is 0 Å². The summed E-state index contributed by atoms with van der Waals surface area (Å²) in [7, 11) is 1.71. The van der Waals surface area contributed by atoms with E-state index in [0.29, 0.717) is 13.2 Å². The van der Waals surface area contributed by atoms with E-state index in [1.807, 2.05) is 6.92 Å². The van der Waals surface area contributed by atoms with E-state index in [9.17, 15) is 9.59 Å². The second-order valence-corrected chi connectivity index (χ2v) is 3.33. The van der Waals surface area contributed by atoms with E-state index in [2.05, 4.69) is 5.32 Å². The summed E-state index contributed by atoms with van der Waals surface area (Å²) in [6.45, 7) is 5.15. The first-order chi connectivity index (χ1) is 7.10. The van der Waals surface area contributed by atoms with Crippen LogP contribution in [-0.2, 0) is 14.3 Å². The molecular formula is C10H20N2O3. The molecule has 0 bridgehead atoms. The number of likely N-dealkylation sites (N-methyl/N-ethyl adjacent to an activating group) is 1. The van der Waals surface area contributed by atoms with Gasteiger partial charge >= 0.3 is 5.97 Å². The normalized spacial score (nSPS) is 10.1. The summed E-state index contributed by atoms with van der Waals surface area (Å²) in [6, 6.07) is 0. The summed E-state index contributed by atoms with van der Waals surface area (Å²) >= 11 is 0. The summed E-state index contributed by atoms with van der Waals surface area (Å²) in [5.41, 5.74) is 0. The summed E-state index contributed by atoms with van der Waals surface area (Å²) in [5, 5.41) is 2.74. The van der Waals surface area contributed by atoms with Crippen molar-refractivity contribution in [3.8, 4) is 0 Å². The van der Waals surface area contributed by atoms with E-state index in [1.165, 1.54) is 0 Å². The smallest absolute Gasteiger partial charge is 0.320 e. The molecule has 0 atom stereocenters. The first-order valence-corrected chi connectivity index (χ1v) is 5.21. The maximum atomic E-state index is 11.2. The molecule has 0 aromatic carbocycles. The van der Waals surface area contributed by atoms with Crippen molar-refractivity contribution in [1.29, 1.82) is 0 Å². The van der Waals surface area contributed by atoms with Crippen LogP contribution in [0.25, 0.3) is 0 Å². The summed E-state index contributed by atoms with van der Waals surface area (Å²) in [4.78, 5) is 23.9. The van der Waals surface area contributed by atoms with Gasteiger partial charge in [0.2, 0.25) is 5.91 Å². The van der Waals surface area contributed by atoms with Crippen molar-refractivity contribution in [2.75, 3.05) is 33.3 Å². The lowest BCUT2D eigenvalue weighted by atomic mass is 10.4. The molecule has 0 heterocycles. The summed E-state index contributed by atoms with van der Waals surface area (Å²) < 4.78 is 4.76. The molecule has 0 aromatic rings. The lowest BCUT2D eigenvalue weighted by molar-refractivity contribution is -0.144. The first-order valence-electron chi connectivity index (χ1n) is 5.21. The molecule has 0 unspecified atom stereocenters. The number of hydrogen-bond donors (Lipinski definition) is 1. The van der Waals surface area contributed by atoms with Gasteiger partial charge in [-0.15, -0.1) is 0 Å². The Morgan fingerprint density at radius 1 is 1.27 bits per heavy atom. The van der Waals surface area contributed by atoms with Gasteiger partial charge in [-0.3, -0.25) is 14.5 Å². The van der Waals surface area contributed by atoms with Gasteiger partial charge in [-0.1, -0.05) is 6.92 Å². The highest BCUT2D eigenvalue weighted by Crippen LogP contribution is 1.86. The van der Waals surface area contributed by atoms with Gasteiger partial charge in [0.25, 0.3) is 0 Å². The number of carbonyl (C=O) groups excluding carboxylic acids is 2. The zero-order chi connectivity index (χ0) is 11.7.